The van der Waals surface area contributed by atoms with Crippen molar-refractivity contribution in [2.75, 3.05) is 24.5 Å². The molecule has 0 fully saturated rings. The molecule has 0 heterocycles. The number of hydrogen-bond donors (Lipinski definition) is 1. The lowest BCUT2D eigenvalue weighted by Gasteiger charge is -2.32. The van der Waals surface area contributed by atoms with Crippen LogP contribution in [0.25, 0.3) is 0 Å². The minimum absolute atomic E-state index is 0.0203. The van der Waals surface area contributed by atoms with E-state index in [0.717, 1.165) is 4.31 Å². The van der Waals surface area contributed by atoms with Crippen molar-refractivity contribution in [1.82, 2.24) is 10.2 Å². The summed E-state index contributed by atoms with van der Waals surface area (Å²) in [5, 5.41) is 2.75. The highest BCUT2D eigenvalue weighted by atomic mass is 32.2. The monoisotopic (exact) mass is 541 g/mol. The quantitative estimate of drug-likeness (QED) is 0.374. The van der Waals surface area contributed by atoms with Crippen molar-refractivity contribution in [3.8, 4) is 5.75 Å². The van der Waals surface area contributed by atoms with Crippen LogP contribution in [0, 0.1) is 5.82 Å². The van der Waals surface area contributed by atoms with Crippen LogP contribution >= 0.6 is 0 Å². The van der Waals surface area contributed by atoms with Gasteiger partial charge in [0.1, 0.15) is 24.2 Å². The predicted molar refractivity (Wildman–Crippen MR) is 144 cm³/mol. The zero-order valence-corrected chi connectivity index (χ0v) is 22.4. The normalized spacial score (nSPS) is 11.9. The molecule has 2 amide bonds. The molecule has 0 aliphatic heterocycles. The number of rotatable bonds is 12. The van der Waals surface area contributed by atoms with E-state index in [-0.39, 0.29) is 28.4 Å². The van der Waals surface area contributed by atoms with Crippen molar-refractivity contribution in [1.29, 1.82) is 0 Å². The van der Waals surface area contributed by atoms with E-state index in [1.54, 1.807) is 42.5 Å². The second-order valence-electron chi connectivity index (χ2n) is 8.58. The molecule has 3 aromatic carbocycles. The standard InChI is InChI=1S/C28H32FN3O5S/c1-4-18-30-28(34)21(2)31(19-22-12-8-9-15-24(22)29)27(33)20-32(25-16-10-11-17-26(25)37-3)38(35,36)23-13-6-5-7-14-23/h5-17,21H,4,18-20H2,1-3H3,(H,30,34)/t21-/m0/s1. The molecule has 0 aromatic heterocycles. The molecule has 0 aliphatic rings. The highest BCUT2D eigenvalue weighted by Gasteiger charge is 2.33. The van der Waals surface area contributed by atoms with Gasteiger partial charge >= 0.3 is 0 Å². The van der Waals surface area contributed by atoms with Gasteiger partial charge in [-0.2, -0.15) is 0 Å². The summed E-state index contributed by atoms with van der Waals surface area (Å²) in [7, 11) is -2.82. The predicted octanol–water partition coefficient (Wildman–Crippen LogP) is 3.97. The zero-order chi connectivity index (χ0) is 27.7. The lowest BCUT2D eigenvalue weighted by molar-refractivity contribution is -0.139. The summed E-state index contributed by atoms with van der Waals surface area (Å²) in [5.41, 5.74) is 0.354. The van der Waals surface area contributed by atoms with Crippen molar-refractivity contribution in [2.45, 2.75) is 37.8 Å². The van der Waals surface area contributed by atoms with Gasteiger partial charge < -0.3 is 15.0 Å². The molecule has 0 unspecified atom stereocenters. The molecule has 38 heavy (non-hydrogen) atoms. The number of carbonyl (C=O) groups is 2. The first-order valence-corrected chi connectivity index (χ1v) is 13.7. The van der Waals surface area contributed by atoms with Crippen molar-refractivity contribution in [3.63, 3.8) is 0 Å². The molecule has 8 nitrogen and oxygen atoms in total. The fourth-order valence-electron chi connectivity index (χ4n) is 3.86. The highest BCUT2D eigenvalue weighted by Crippen LogP contribution is 2.32. The molecule has 3 rings (SSSR count). The van der Waals surface area contributed by atoms with Crippen LogP contribution in [-0.2, 0) is 26.2 Å². The van der Waals surface area contributed by atoms with Crippen LogP contribution in [0.1, 0.15) is 25.8 Å². The molecule has 1 N–H and O–H groups in total. The first-order valence-electron chi connectivity index (χ1n) is 12.2. The summed E-state index contributed by atoms with van der Waals surface area (Å²) in [6.45, 7) is 2.96. The van der Waals surface area contributed by atoms with E-state index in [0.29, 0.717) is 13.0 Å². The fourth-order valence-corrected chi connectivity index (χ4v) is 5.30. The van der Waals surface area contributed by atoms with Gasteiger partial charge in [-0.15, -0.1) is 0 Å². The maximum Gasteiger partial charge on any atom is 0.264 e. The number of benzene rings is 3. The molecular weight excluding hydrogens is 509 g/mol. The molecule has 202 valence electrons. The molecule has 0 bridgehead atoms. The molecule has 0 radical (unpaired) electrons. The van der Waals surface area contributed by atoms with Crippen LogP contribution in [0.15, 0.2) is 83.8 Å². The summed E-state index contributed by atoms with van der Waals surface area (Å²) < 4.78 is 48.5. The number of amides is 2. The first kappa shape index (κ1) is 28.6. The number of anilines is 1. The molecule has 1 atom stereocenters. The van der Waals surface area contributed by atoms with Crippen LogP contribution < -0.4 is 14.4 Å². The average molecular weight is 542 g/mol. The van der Waals surface area contributed by atoms with Gasteiger partial charge in [-0.1, -0.05) is 55.5 Å². The van der Waals surface area contributed by atoms with Crippen LogP contribution in [0.3, 0.4) is 0 Å². The maximum atomic E-state index is 14.6. The number of nitrogens with zero attached hydrogens (tertiary/aromatic N) is 2. The fraction of sp³-hybridized carbons (Fsp3) is 0.286. The van der Waals surface area contributed by atoms with Crippen LogP contribution in [0.4, 0.5) is 10.1 Å². The van der Waals surface area contributed by atoms with Gasteiger partial charge in [0, 0.05) is 18.7 Å². The number of hydrogen-bond acceptors (Lipinski definition) is 5. The molecule has 3 aromatic rings. The minimum Gasteiger partial charge on any atom is -0.495 e. The Bertz CT molecular complexity index is 1350. The van der Waals surface area contributed by atoms with E-state index in [1.165, 1.54) is 55.3 Å². The molecule has 0 aliphatic carbocycles. The SMILES string of the molecule is CCCNC(=O)[C@H](C)N(Cc1ccccc1F)C(=O)CN(c1ccccc1OC)S(=O)(=O)c1ccccc1. The Balaban J connectivity index is 2.05. The molecule has 10 heteroatoms. The summed E-state index contributed by atoms with van der Waals surface area (Å²) in [5.74, 6) is -1.40. The van der Waals surface area contributed by atoms with Crippen LogP contribution in [-0.4, -0.2) is 51.4 Å². The smallest absolute Gasteiger partial charge is 0.264 e. The topological polar surface area (TPSA) is 96.0 Å². The van der Waals surface area contributed by atoms with Gasteiger partial charge in [0.05, 0.1) is 17.7 Å². The van der Waals surface area contributed by atoms with Gasteiger partial charge in [0.2, 0.25) is 11.8 Å². The lowest BCUT2D eigenvalue weighted by atomic mass is 10.1. The second-order valence-corrected chi connectivity index (χ2v) is 10.4. The third-order valence-corrected chi connectivity index (χ3v) is 7.75. The number of para-hydroxylation sites is 2. The highest BCUT2D eigenvalue weighted by molar-refractivity contribution is 7.92. The van der Waals surface area contributed by atoms with Crippen molar-refractivity contribution in [3.05, 3.63) is 90.2 Å². The van der Waals surface area contributed by atoms with Crippen LogP contribution in [0.5, 0.6) is 5.75 Å². The van der Waals surface area contributed by atoms with Crippen molar-refractivity contribution >= 4 is 27.5 Å². The summed E-state index contributed by atoms with van der Waals surface area (Å²) in [6, 6.07) is 19.1. The summed E-state index contributed by atoms with van der Waals surface area (Å²) >= 11 is 0. The average Bonchev–Trinajstić information content (AvgIpc) is 2.94. The van der Waals surface area contributed by atoms with Gasteiger partial charge in [-0.3, -0.25) is 13.9 Å². The largest absolute Gasteiger partial charge is 0.495 e. The van der Waals surface area contributed by atoms with E-state index in [1.807, 2.05) is 6.92 Å². The Labute approximate surface area is 223 Å². The summed E-state index contributed by atoms with van der Waals surface area (Å²) in [6.07, 6.45) is 0.691. The zero-order valence-electron chi connectivity index (χ0n) is 21.6. The second kappa shape index (κ2) is 13.0. The van der Waals surface area contributed by atoms with Crippen LogP contribution in [0.2, 0.25) is 0 Å². The molecule has 0 spiro atoms. The van der Waals surface area contributed by atoms with Gasteiger partial charge in [-0.05, 0) is 43.7 Å². The summed E-state index contributed by atoms with van der Waals surface area (Å²) in [4.78, 5) is 27.8. The Hall–Kier alpha value is -3.92. The Morgan fingerprint density at radius 2 is 1.61 bits per heavy atom. The van der Waals surface area contributed by atoms with E-state index in [4.69, 9.17) is 4.74 Å². The third kappa shape index (κ3) is 6.69. The molecular formula is C28H32FN3O5S. The maximum absolute atomic E-state index is 14.6. The molecule has 0 saturated carbocycles. The number of halogens is 1. The third-order valence-electron chi connectivity index (χ3n) is 5.98. The Morgan fingerprint density at radius 1 is 0.974 bits per heavy atom. The van der Waals surface area contributed by atoms with E-state index < -0.39 is 40.2 Å². The van der Waals surface area contributed by atoms with E-state index in [2.05, 4.69) is 5.32 Å². The molecule has 0 saturated heterocycles. The number of nitrogens with one attached hydrogen (secondary N) is 1. The Morgan fingerprint density at radius 3 is 2.26 bits per heavy atom. The number of carbonyl (C=O) groups excluding carboxylic acids is 2. The van der Waals surface area contributed by atoms with Crippen molar-refractivity contribution < 1.29 is 27.1 Å². The number of ether oxygens (including phenoxy) is 1. The lowest BCUT2D eigenvalue weighted by Crippen LogP contribution is -2.51. The number of sulfonamides is 1. The van der Waals surface area contributed by atoms with Gasteiger partial charge in [0.25, 0.3) is 10.0 Å². The first-order chi connectivity index (χ1) is 18.2. The van der Waals surface area contributed by atoms with E-state index >= 15 is 0 Å². The van der Waals surface area contributed by atoms with Gasteiger partial charge in [-0.25, -0.2) is 12.8 Å². The van der Waals surface area contributed by atoms with E-state index in [9.17, 15) is 22.4 Å². The van der Waals surface area contributed by atoms with Crippen molar-refractivity contribution in [2.24, 2.45) is 0 Å². The minimum atomic E-state index is -4.23. The Kier molecular flexibility index (Phi) is 9.84. The van der Waals surface area contributed by atoms with Gasteiger partial charge in [0.15, 0.2) is 0 Å². The number of methoxy groups -OCH3 is 1.